The number of thioether (sulfide) groups is 1. The summed E-state index contributed by atoms with van der Waals surface area (Å²) < 4.78 is 4.11. The normalized spacial score (nSPS) is 21.1. The minimum atomic E-state index is 0.0256. The summed E-state index contributed by atoms with van der Waals surface area (Å²) in [6.07, 6.45) is 6.36. The molecule has 98 valence electrons. The molecular formula is C12H12N4OS2. The molecule has 1 saturated carbocycles. The molecule has 0 unspecified atom stereocenters. The van der Waals surface area contributed by atoms with E-state index in [4.69, 9.17) is 0 Å². The number of nitrogens with zero attached hydrogens (tertiary/aromatic N) is 3. The number of carbonyl (C=O) groups excluding carboxylic acids is 1. The van der Waals surface area contributed by atoms with Crippen LogP contribution in [0.1, 0.15) is 17.9 Å². The van der Waals surface area contributed by atoms with Crippen molar-refractivity contribution < 1.29 is 4.79 Å². The van der Waals surface area contributed by atoms with Gasteiger partial charge < -0.3 is 5.32 Å². The molecule has 2 atom stereocenters. The van der Waals surface area contributed by atoms with E-state index in [1.54, 1.807) is 6.20 Å². The van der Waals surface area contributed by atoms with Crippen LogP contribution < -0.4 is 5.32 Å². The Bertz CT molecular complexity index is 586. The topological polar surface area (TPSA) is 67.8 Å². The van der Waals surface area contributed by atoms with Crippen LogP contribution in [-0.4, -0.2) is 26.5 Å². The van der Waals surface area contributed by atoms with E-state index >= 15 is 0 Å². The Labute approximate surface area is 119 Å². The fraction of sp³-hybridized carbons (Fsp3) is 0.333. The molecule has 1 aliphatic carbocycles. The maximum absolute atomic E-state index is 12.1. The van der Waals surface area contributed by atoms with E-state index in [2.05, 4.69) is 19.7 Å². The highest BCUT2D eigenvalue weighted by molar-refractivity contribution is 7.98. The second-order valence-electron chi connectivity index (χ2n) is 4.31. The van der Waals surface area contributed by atoms with Crippen LogP contribution in [0.15, 0.2) is 29.7 Å². The molecule has 0 aromatic carbocycles. The zero-order chi connectivity index (χ0) is 13.2. The van der Waals surface area contributed by atoms with Crippen molar-refractivity contribution in [3.63, 3.8) is 0 Å². The maximum atomic E-state index is 12.1. The Morgan fingerprint density at radius 1 is 1.58 bits per heavy atom. The number of aromatic nitrogens is 3. The second-order valence-corrected chi connectivity index (χ2v) is 5.84. The van der Waals surface area contributed by atoms with Gasteiger partial charge in [-0.2, -0.15) is 9.36 Å². The molecule has 7 heteroatoms. The lowest BCUT2D eigenvalue weighted by Gasteiger charge is -2.00. The third-order valence-corrected chi connectivity index (χ3v) is 4.35. The molecule has 1 amide bonds. The molecule has 5 nitrogen and oxygen atoms in total. The Kier molecular flexibility index (Phi) is 3.48. The summed E-state index contributed by atoms with van der Waals surface area (Å²) in [4.78, 5) is 20.3. The van der Waals surface area contributed by atoms with E-state index in [1.165, 1.54) is 23.3 Å². The molecule has 2 heterocycles. The molecule has 19 heavy (non-hydrogen) atoms. The van der Waals surface area contributed by atoms with Crippen LogP contribution >= 0.6 is 23.3 Å². The molecule has 0 radical (unpaired) electrons. The van der Waals surface area contributed by atoms with Crippen molar-refractivity contribution >= 4 is 34.3 Å². The first-order valence-electron chi connectivity index (χ1n) is 5.86. The van der Waals surface area contributed by atoms with Gasteiger partial charge in [0.15, 0.2) is 0 Å². The number of anilines is 1. The van der Waals surface area contributed by atoms with Crippen molar-refractivity contribution in [2.45, 2.75) is 17.5 Å². The van der Waals surface area contributed by atoms with Gasteiger partial charge in [0.25, 0.3) is 0 Å². The van der Waals surface area contributed by atoms with E-state index in [-0.39, 0.29) is 11.8 Å². The number of pyridine rings is 1. The van der Waals surface area contributed by atoms with Crippen molar-refractivity contribution in [2.24, 2.45) is 5.92 Å². The standard InChI is InChI=1S/C12H12N4OS2/c1-18-12-15-11(19-16-12)14-10(17)9-5-8(9)7-3-2-4-13-6-7/h2-4,6,8-9H,5H2,1H3,(H,14,15,16,17)/t8-,9+/m1/s1. The van der Waals surface area contributed by atoms with Crippen molar-refractivity contribution in [3.05, 3.63) is 30.1 Å². The molecule has 3 rings (SSSR count). The average Bonchev–Trinajstić information content (AvgIpc) is 3.13. The summed E-state index contributed by atoms with van der Waals surface area (Å²) in [7, 11) is 0. The SMILES string of the molecule is CSc1nsc(NC(=O)[C@H]2C[C@@H]2c2cccnc2)n1. The van der Waals surface area contributed by atoms with Crippen molar-refractivity contribution in [1.82, 2.24) is 14.3 Å². The van der Waals surface area contributed by atoms with Crippen molar-refractivity contribution in [1.29, 1.82) is 0 Å². The summed E-state index contributed by atoms with van der Waals surface area (Å²) in [5.74, 6) is 0.352. The van der Waals surface area contributed by atoms with E-state index in [9.17, 15) is 4.79 Å². The minimum Gasteiger partial charge on any atom is -0.300 e. The summed E-state index contributed by atoms with van der Waals surface area (Å²) in [6.45, 7) is 0. The number of amides is 1. The molecule has 1 N–H and O–H groups in total. The zero-order valence-corrected chi connectivity index (χ0v) is 11.9. The Balaban J connectivity index is 1.61. The number of rotatable bonds is 4. The van der Waals surface area contributed by atoms with Gasteiger partial charge in [-0.3, -0.25) is 9.78 Å². The highest BCUT2D eigenvalue weighted by Gasteiger charge is 2.44. The Morgan fingerprint density at radius 3 is 3.16 bits per heavy atom. The molecule has 0 spiro atoms. The van der Waals surface area contributed by atoms with Crippen LogP contribution in [0.5, 0.6) is 0 Å². The van der Waals surface area contributed by atoms with Crippen LogP contribution in [0.3, 0.4) is 0 Å². The van der Waals surface area contributed by atoms with E-state index in [1.807, 2.05) is 24.6 Å². The number of hydrogen-bond acceptors (Lipinski definition) is 6. The second kappa shape index (κ2) is 5.26. The van der Waals surface area contributed by atoms with Gasteiger partial charge in [0, 0.05) is 29.8 Å². The zero-order valence-electron chi connectivity index (χ0n) is 10.2. The predicted octanol–water partition coefficient (Wildman–Crippen LogP) is 2.40. The van der Waals surface area contributed by atoms with Gasteiger partial charge in [0.05, 0.1) is 0 Å². The van der Waals surface area contributed by atoms with Gasteiger partial charge in [-0.1, -0.05) is 17.8 Å². The van der Waals surface area contributed by atoms with Crippen LogP contribution in [0, 0.1) is 5.92 Å². The summed E-state index contributed by atoms with van der Waals surface area (Å²) in [6, 6.07) is 3.92. The summed E-state index contributed by atoms with van der Waals surface area (Å²) in [5.41, 5.74) is 1.13. The summed E-state index contributed by atoms with van der Waals surface area (Å²) in [5, 5.41) is 4.10. The fourth-order valence-electron chi connectivity index (χ4n) is 1.99. The average molecular weight is 292 g/mol. The van der Waals surface area contributed by atoms with Gasteiger partial charge in [0.2, 0.25) is 16.2 Å². The van der Waals surface area contributed by atoms with Crippen LogP contribution in [0.25, 0.3) is 0 Å². The van der Waals surface area contributed by atoms with E-state index in [0.29, 0.717) is 16.2 Å². The van der Waals surface area contributed by atoms with Gasteiger partial charge >= 0.3 is 0 Å². The maximum Gasteiger partial charge on any atom is 0.229 e. The molecule has 2 aromatic heterocycles. The lowest BCUT2D eigenvalue weighted by molar-refractivity contribution is -0.117. The fourth-order valence-corrected chi connectivity index (χ4v) is 3.12. The predicted molar refractivity (Wildman–Crippen MR) is 75.4 cm³/mol. The quantitative estimate of drug-likeness (QED) is 0.876. The molecule has 0 bridgehead atoms. The third kappa shape index (κ3) is 2.76. The molecule has 2 aromatic rings. The smallest absolute Gasteiger partial charge is 0.229 e. The Hall–Kier alpha value is -1.47. The lowest BCUT2D eigenvalue weighted by atomic mass is 10.1. The first-order chi connectivity index (χ1) is 9.28. The number of carbonyl (C=O) groups is 1. The molecule has 0 saturated heterocycles. The molecule has 1 fully saturated rings. The number of hydrogen-bond donors (Lipinski definition) is 1. The van der Waals surface area contributed by atoms with E-state index < -0.39 is 0 Å². The highest BCUT2D eigenvalue weighted by atomic mass is 32.2. The van der Waals surface area contributed by atoms with Crippen LogP contribution in [0.2, 0.25) is 0 Å². The van der Waals surface area contributed by atoms with Crippen LogP contribution in [-0.2, 0) is 4.79 Å². The molecule has 1 aliphatic rings. The van der Waals surface area contributed by atoms with Gasteiger partial charge in [-0.15, -0.1) is 0 Å². The highest BCUT2D eigenvalue weighted by Crippen LogP contribution is 2.47. The minimum absolute atomic E-state index is 0.0256. The first kappa shape index (κ1) is 12.6. The van der Waals surface area contributed by atoms with E-state index in [0.717, 1.165) is 12.0 Å². The molecular weight excluding hydrogens is 280 g/mol. The largest absolute Gasteiger partial charge is 0.300 e. The first-order valence-corrected chi connectivity index (χ1v) is 7.86. The van der Waals surface area contributed by atoms with Crippen LogP contribution in [0.4, 0.5) is 5.13 Å². The van der Waals surface area contributed by atoms with Crippen molar-refractivity contribution in [2.75, 3.05) is 11.6 Å². The van der Waals surface area contributed by atoms with Gasteiger partial charge in [0.1, 0.15) is 0 Å². The van der Waals surface area contributed by atoms with Gasteiger partial charge in [-0.05, 0) is 30.2 Å². The third-order valence-electron chi connectivity index (χ3n) is 3.06. The molecule has 0 aliphatic heterocycles. The van der Waals surface area contributed by atoms with Gasteiger partial charge in [-0.25, -0.2) is 0 Å². The lowest BCUT2D eigenvalue weighted by Crippen LogP contribution is -2.14. The monoisotopic (exact) mass is 292 g/mol. The van der Waals surface area contributed by atoms with Crippen molar-refractivity contribution in [3.8, 4) is 0 Å². The Morgan fingerprint density at radius 2 is 2.47 bits per heavy atom. The number of nitrogens with one attached hydrogen (secondary N) is 1. The summed E-state index contributed by atoms with van der Waals surface area (Å²) >= 11 is 2.69.